The summed E-state index contributed by atoms with van der Waals surface area (Å²) >= 11 is 0. The van der Waals surface area contributed by atoms with Gasteiger partial charge in [0, 0.05) is 18.6 Å². The minimum absolute atomic E-state index is 0.210. The summed E-state index contributed by atoms with van der Waals surface area (Å²) in [5.41, 5.74) is 0.119. The van der Waals surface area contributed by atoms with Crippen LogP contribution in [0.25, 0.3) is 0 Å². The number of benzene rings is 1. The molecule has 2 saturated heterocycles. The van der Waals surface area contributed by atoms with E-state index in [2.05, 4.69) is 0 Å². The van der Waals surface area contributed by atoms with Crippen molar-refractivity contribution in [1.82, 2.24) is 0 Å². The molecule has 7 nitrogen and oxygen atoms in total. The maximum atomic E-state index is 13.2. The number of ether oxygens (including phenoxy) is 3. The summed E-state index contributed by atoms with van der Waals surface area (Å²) in [5.74, 6) is -1.27. The van der Waals surface area contributed by atoms with Crippen molar-refractivity contribution in [2.75, 3.05) is 19.8 Å². The van der Waals surface area contributed by atoms with Gasteiger partial charge < -0.3 is 14.2 Å². The fourth-order valence-electron chi connectivity index (χ4n) is 4.28. The van der Waals surface area contributed by atoms with E-state index in [0.717, 1.165) is 12.8 Å². The van der Waals surface area contributed by atoms with E-state index < -0.39 is 39.2 Å². The standard InChI is InChI=1S/C23H30O7S/c1-23(2)14-29-22(25)20(23)30-21(24)19(13-15-9-11-28-12-10-15)16-3-5-17(6-4-16)31(26,27)18-7-8-18/h3-6,15,18-20H,7-14H2,1-2H3/t19-,20+/m1/s1. The molecule has 1 aromatic rings. The highest BCUT2D eigenvalue weighted by Crippen LogP contribution is 2.37. The van der Waals surface area contributed by atoms with E-state index in [1.54, 1.807) is 24.3 Å². The predicted molar refractivity (Wildman–Crippen MR) is 112 cm³/mol. The molecule has 0 N–H and O–H groups in total. The molecule has 0 radical (unpaired) electrons. The van der Waals surface area contributed by atoms with Gasteiger partial charge in [0.2, 0.25) is 6.10 Å². The second kappa shape index (κ2) is 8.54. The maximum Gasteiger partial charge on any atom is 0.348 e. The molecular formula is C23H30O7S. The van der Waals surface area contributed by atoms with Crippen LogP contribution in [0, 0.1) is 11.3 Å². The Hall–Kier alpha value is -1.93. The van der Waals surface area contributed by atoms with Gasteiger partial charge in [0.1, 0.15) is 6.61 Å². The number of hydrogen-bond donors (Lipinski definition) is 0. The van der Waals surface area contributed by atoms with E-state index in [9.17, 15) is 18.0 Å². The smallest absolute Gasteiger partial charge is 0.348 e. The monoisotopic (exact) mass is 450 g/mol. The molecular weight excluding hydrogens is 420 g/mol. The van der Waals surface area contributed by atoms with E-state index in [1.807, 2.05) is 13.8 Å². The molecule has 2 aliphatic heterocycles. The summed E-state index contributed by atoms with van der Waals surface area (Å²) < 4.78 is 41.2. The first kappa shape index (κ1) is 22.3. The van der Waals surface area contributed by atoms with Crippen molar-refractivity contribution in [3.8, 4) is 0 Å². The van der Waals surface area contributed by atoms with Crippen LogP contribution in [0.4, 0.5) is 0 Å². The molecule has 8 heteroatoms. The molecule has 3 aliphatic rings. The number of carbonyl (C=O) groups is 2. The van der Waals surface area contributed by atoms with Crippen molar-refractivity contribution in [2.24, 2.45) is 11.3 Å². The lowest BCUT2D eigenvalue weighted by Gasteiger charge is -2.28. The number of sulfone groups is 1. The van der Waals surface area contributed by atoms with Crippen LogP contribution in [0.3, 0.4) is 0 Å². The van der Waals surface area contributed by atoms with E-state index in [1.165, 1.54) is 0 Å². The third-order valence-corrected chi connectivity index (χ3v) is 8.79. The Labute approximate surface area is 183 Å². The molecule has 0 aromatic heterocycles. The summed E-state index contributed by atoms with van der Waals surface area (Å²) in [6, 6.07) is 6.58. The molecule has 0 unspecified atom stereocenters. The number of rotatable bonds is 7. The van der Waals surface area contributed by atoms with Gasteiger partial charge >= 0.3 is 11.9 Å². The highest BCUT2D eigenvalue weighted by atomic mass is 32.2. The zero-order valence-corrected chi connectivity index (χ0v) is 18.9. The highest BCUT2D eigenvalue weighted by Gasteiger charge is 2.47. The Balaban J connectivity index is 1.56. The van der Waals surface area contributed by atoms with Crippen LogP contribution < -0.4 is 0 Å². The molecule has 2 atom stereocenters. The molecule has 31 heavy (non-hydrogen) atoms. The van der Waals surface area contributed by atoms with Crippen LogP contribution in [-0.2, 0) is 33.6 Å². The highest BCUT2D eigenvalue weighted by molar-refractivity contribution is 7.92. The third kappa shape index (κ3) is 4.80. The van der Waals surface area contributed by atoms with Gasteiger partial charge in [0.05, 0.1) is 16.1 Å². The second-order valence-electron chi connectivity index (χ2n) is 9.57. The first-order valence-corrected chi connectivity index (χ1v) is 12.5. The van der Waals surface area contributed by atoms with E-state index in [4.69, 9.17) is 14.2 Å². The van der Waals surface area contributed by atoms with Crippen molar-refractivity contribution in [3.63, 3.8) is 0 Å². The van der Waals surface area contributed by atoms with Gasteiger partial charge in [-0.1, -0.05) is 26.0 Å². The van der Waals surface area contributed by atoms with Gasteiger partial charge in [-0.2, -0.15) is 0 Å². The minimum Gasteiger partial charge on any atom is -0.462 e. The fraction of sp³-hybridized carbons (Fsp3) is 0.652. The number of cyclic esters (lactones) is 1. The summed E-state index contributed by atoms with van der Waals surface area (Å²) in [6.07, 6.45) is 2.75. The van der Waals surface area contributed by atoms with Gasteiger partial charge in [0.25, 0.3) is 0 Å². The maximum absolute atomic E-state index is 13.2. The number of carbonyl (C=O) groups excluding carboxylic acids is 2. The summed E-state index contributed by atoms with van der Waals surface area (Å²) in [6.45, 7) is 5.20. The molecule has 170 valence electrons. The Morgan fingerprint density at radius 3 is 2.32 bits per heavy atom. The number of hydrogen-bond acceptors (Lipinski definition) is 7. The molecule has 2 heterocycles. The quantitative estimate of drug-likeness (QED) is 0.589. The normalized spacial score (nSPS) is 25.1. The Bertz CT molecular complexity index is 925. The van der Waals surface area contributed by atoms with Gasteiger partial charge in [-0.3, -0.25) is 4.79 Å². The lowest BCUT2D eigenvalue weighted by Crippen LogP contribution is -2.37. The van der Waals surface area contributed by atoms with Gasteiger partial charge in [-0.05, 0) is 55.7 Å². The van der Waals surface area contributed by atoms with Crippen molar-refractivity contribution < 1.29 is 32.2 Å². The molecule has 1 saturated carbocycles. The SMILES string of the molecule is CC1(C)COC(=O)[C@@H]1OC(=O)[C@H](CC1CCOCC1)c1ccc(S(=O)(=O)C2CC2)cc1. The largest absolute Gasteiger partial charge is 0.462 e. The van der Waals surface area contributed by atoms with Crippen LogP contribution >= 0.6 is 0 Å². The molecule has 1 aromatic carbocycles. The van der Waals surface area contributed by atoms with Crippen LogP contribution in [0.15, 0.2) is 29.2 Å². The average Bonchev–Trinajstić information content (AvgIpc) is 3.57. The zero-order chi connectivity index (χ0) is 22.2. The van der Waals surface area contributed by atoms with Crippen LogP contribution in [0.1, 0.15) is 57.4 Å². The van der Waals surface area contributed by atoms with E-state index >= 15 is 0 Å². The third-order valence-electron chi connectivity index (χ3n) is 6.51. The summed E-state index contributed by atoms with van der Waals surface area (Å²) in [4.78, 5) is 25.6. The first-order valence-electron chi connectivity index (χ1n) is 11.0. The summed E-state index contributed by atoms with van der Waals surface area (Å²) in [7, 11) is -3.29. The lowest BCUT2D eigenvalue weighted by molar-refractivity contribution is -0.164. The molecule has 0 amide bonds. The second-order valence-corrected chi connectivity index (χ2v) is 11.8. The molecule has 4 rings (SSSR count). The fourth-order valence-corrected chi connectivity index (χ4v) is 5.93. The molecule has 0 bridgehead atoms. The molecule has 3 fully saturated rings. The Morgan fingerprint density at radius 2 is 1.77 bits per heavy atom. The predicted octanol–water partition coefficient (Wildman–Crippen LogP) is 3.02. The minimum atomic E-state index is -3.29. The first-order chi connectivity index (χ1) is 14.7. The van der Waals surface area contributed by atoms with Crippen molar-refractivity contribution >= 4 is 21.8 Å². The van der Waals surface area contributed by atoms with Crippen LogP contribution in [-0.4, -0.2) is 51.5 Å². The van der Waals surface area contributed by atoms with Gasteiger partial charge in [-0.25, -0.2) is 13.2 Å². The molecule has 1 aliphatic carbocycles. The van der Waals surface area contributed by atoms with E-state index in [-0.39, 0.29) is 16.8 Å². The van der Waals surface area contributed by atoms with E-state index in [0.29, 0.717) is 44.0 Å². The van der Waals surface area contributed by atoms with Crippen LogP contribution in [0.5, 0.6) is 0 Å². The Morgan fingerprint density at radius 1 is 1.13 bits per heavy atom. The lowest BCUT2D eigenvalue weighted by atomic mass is 9.84. The van der Waals surface area contributed by atoms with Crippen molar-refractivity contribution in [2.45, 2.75) is 68.1 Å². The summed E-state index contributed by atoms with van der Waals surface area (Å²) in [5, 5.41) is -0.281. The zero-order valence-electron chi connectivity index (χ0n) is 18.0. The number of esters is 2. The van der Waals surface area contributed by atoms with Gasteiger partial charge in [-0.15, -0.1) is 0 Å². The molecule has 0 spiro atoms. The Kier molecular flexibility index (Phi) is 6.14. The average molecular weight is 451 g/mol. The van der Waals surface area contributed by atoms with Crippen molar-refractivity contribution in [1.29, 1.82) is 0 Å². The van der Waals surface area contributed by atoms with Gasteiger partial charge in [0.15, 0.2) is 9.84 Å². The topological polar surface area (TPSA) is 96.0 Å². The van der Waals surface area contributed by atoms with Crippen molar-refractivity contribution in [3.05, 3.63) is 29.8 Å². The van der Waals surface area contributed by atoms with Crippen LogP contribution in [0.2, 0.25) is 0 Å².